The molecule has 0 aliphatic rings. The number of thiophene rings is 1. The van der Waals surface area contributed by atoms with Crippen molar-refractivity contribution in [1.29, 1.82) is 0 Å². The van der Waals surface area contributed by atoms with Gasteiger partial charge >= 0.3 is 10.3 Å². The number of hydrogen-bond acceptors (Lipinski definition) is 7. The van der Waals surface area contributed by atoms with Gasteiger partial charge in [0.1, 0.15) is 5.82 Å². The van der Waals surface area contributed by atoms with Crippen LogP contribution < -0.4 is 9.03 Å². The molecule has 8 nitrogen and oxygen atoms in total. The molecule has 0 aliphatic heterocycles. The Morgan fingerprint density at radius 1 is 1.00 bits per heavy atom. The lowest BCUT2D eigenvalue weighted by Gasteiger charge is -2.22. The molecule has 0 amide bonds. The summed E-state index contributed by atoms with van der Waals surface area (Å²) in [5.74, 6) is -0.685. The highest BCUT2D eigenvalue weighted by Gasteiger charge is 2.28. The molecule has 172 valence electrons. The minimum atomic E-state index is -4.44. The number of halogens is 1. The summed E-state index contributed by atoms with van der Waals surface area (Å²) in [5.41, 5.74) is 1.25. The van der Waals surface area contributed by atoms with E-state index in [4.69, 9.17) is 4.55 Å². The summed E-state index contributed by atoms with van der Waals surface area (Å²) in [7, 11) is -8.61. The minimum absolute atomic E-state index is 0.106. The van der Waals surface area contributed by atoms with Gasteiger partial charge in [-0.25, -0.2) is 22.1 Å². The van der Waals surface area contributed by atoms with Crippen LogP contribution in [0.25, 0.3) is 10.6 Å². The third kappa shape index (κ3) is 5.57. The van der Waals surface area contributed by atoms with Gasteiger partial charge in [-0.1, -0.05) is 24.3 Å². The first-order chi connectivity index (χ1) is 15.6. The Hall–Kier alpha value is -2.84. The van der Waals surface area contributed by atoms with Gasteiger partial charge in [0.25, 0.3) is 10.0 Å². The minimum Gasteiger partial charge on any atom is -0.269 e. The van der Waals surface area contributed by atoms with E-state index in [-0.39, 0.29) is 22.3 Å². The lowest BCUT2D eigenvalue weighted by Crippen LogP contribution is -2.30. The van der Waals surface area contributed by atoms with Gasteiger partial charge in [-0.15, -0.1) is 22.7 Å². The monoisotopic (exact) mass is 525 g/mol. The molecule has 0 radical (unpaired) electrons. The predicted molar refractivity (Wildman–Crippen MR) is 127 cm³/mol. The normalized spacial score (nSPS) is 11.9. The van der Waals surface area contributed by atoms with E-state index in [1.807, 2.05) is 22.2 Å². The van der Waals surface area contributed by atoms with Crippen LogP contribution >= 0.6 is 22.7 Å². The molecule has 0 atom stereocenters. The largest absolute Gasteiger partial charge is 0.357 e. The summed E-state index contributed by atoms with van der Waals surface area (Å²) in [6.45, 7) is -0.137. The third-order valence-electron chi connectivity index (χ3n) is 4.39. The lowest BCUT2D eigenvalue weighted by atomic mass is 10.2. The van der Waals surface area contributed by atoms with Crippen molar-refractivity contribution >= 4 is 53.8 Å². The summed E-state index contributed by atoms with van der Waals surface area (Å²) in [4.78, 5) is 5.14. The maximum absolute atomic E-state index is 13.8. The zero-order valence-electron chi connectivity index (χ0n) is 16.6. The molecule has 2 heterocycles. The molecule has 0 fully saturated rings. The first-order valence-corrected chi connectivity index (χ1v) is 13.9. The average molecular weight is 526 g/mol. The molecule has 2 N–H and O–H groups in total. The Bertz CT molecular complexity index is 1470. The quantitative estimate of drug-likeness (QED) is 0.324. The van der Waals surface area contributed by atoms with Crippen molar-refractivity contribution in [2.24, 2.45) is 0 Å². The summed E-state index contributed by atoms with van der Waals surface area (Å²) in [5, 5.41) is 3.83. The number of nitrogens with zero attached hydrogens (tertiary/aromatic N) is 2. The Morgan fingerprint density at radius 2 is 1.76 bits per heavy atom. The number of anilines is 2. The fourth-order valence-corrected chi connectivity index (χ4v) is 6.60. The van der Waals surface area contributed by atoms with Crippen LogP contribution in [0, 0.1) is 5.82 Å². The highest BCUT2D eigenvalue weighted by molar-refractivity contribution is 7.93. The SMILES string of the molecule is O=S(=O)(O)Nc1ccc(CN(c2nc(-c3cccs3)cs2)S(=O)(=O)c2cccc(F)c2)cc1. The molecular weight excluding hydrogens is 510 g/mol. The molecular formula is C20H16FN3O5S4. The summed E-state index contributed by atoms with van der Waals surface area (Å²) < 4.78 is 74.5. The van der Waals surface area contributed by atoms with E-state index in [1.165, 1.54) is 47.7 Å². The van der Waals surface area contributed by atoms with Crippen molar-refractivity contribution in [3.63, 3.8) is 0 Å². The second-order valence-electron chi connectivity index (χ2n) is 6.74. The van der Waals surface area contributed by atoms with Crippen LogP contribution in [0.4, 0.5) is 15.2 Å². The van der Waals surface area contributed by atoms with E-state index in [1.54, 1.807) is 5.38 Å². The number of aromatic nitrogens is 1. The first kappa shape index (κ1) is 23.3. The van der Waals surface area contributed by atoms with Crippen LogP contribution in [-0.4, -0.2) is 26.4 Å². The van der Waals surface area contributed by atoms with Crippen LogP contribution in [0.2, 0.25) is 0 Å². The van der Waals surface area contributed by atoms with Gasteiger partial charge < -0.3 is 0 Å². The maximum atomic E-state index is 13.8. The standard InChI is InChI=1S/C20H16FN3O5S4/c21-15-3-1-4-17(11-15)32(25,26)24(20-22-18(13-31-20)19-5-2-10-30-19)12-14-6-8-16(9-7-14)23-33(27,28)29/h1-11,13,23H,12H2,(H,27,28,29). The van der Waals surface area contributed by atoms with E-state index in [9.17, 15) is 21.2 Å². The second kappa shape index (κ2) is 9.19. The number of benzene rings is 2. The molecule has 13 heteroatoms. The van der Waals surface area contributed by atoms with Gasteiger partial charge in [-0.2, -0.15) is 8.42 Å². The fraction of sp³-hybridized carbons (Fsp3) is 0.0500. The summed E-state index contributed by atoms with van der Waals surface area (Å²) in [6.07, 6.45) is 0. The molecule has 4 rings (SSSR count). The Balaban J connectivity index is 1.72. The molecule has 0 aliphatic carbocycles. The Kier molecular flexibility index (Phi) is 6.50. The van der Waals surface area contributed by atoms with Crippen LogP contribution in [0.5, 0.6) is 0 Å². The molecule has 0 saturated carbocycles. The lowest BCUT2D eigenvalue weighted by molar-refractivity contribution is 0.489. The van der Waals surface area contributed by atoms with Gasteiger partial charge in [0.05, 0.1) is 27.7 Å². The number of rotatable bonds is 8. The van der Waals surface area contributed by atoms with Crippen LogP contribution in [0.15, 0.2) is 76.3 Å². The molecule has 2 aromatic heterocycles. The fourth-order valence-electron chi connectivity index (χ4n) is 2.92. The van der Waals surface area contributed by atoms with E-state index in [2.05, 4.69) is 4.98 Å². The average Bonchev–Trinajstić information content (AvgIpc) is 3.44. The van der Waals surface area contributed by atoms with Gasteiger partial charge in [0.2, 0.25) is 0 Å². The molecule has 0 bridgehead atoms. The van der Waals surface area contributed by atoms with Gasteiger partial charge in [0, 0.05) is 5.38 Å². The smallest absolute Gasteiger partial charge is 0.269 e. The third-order valence-corrected chi connectivity index (χ3v) is 8.49. The number of hydrogen-bond donors (Lipinski definition) is 2. The van der Waals surface area contributed by atoms with Crippen molar-refractivity contribution in [1.82, 2.24) is 4.98 Å². The zero-order chi connectivity index (χ0) is 23.6. The highest BCUT2D eigenvalue weighted by Crippen LogP contribution is 2.34. The summed E-state index contributed by atoms with van der Waals surface area (Å²) in [6, 6.07) is 14.2. The molecule has 4 aromatic rings. The Morgan fingerprint density at radius 3 is 2.39 bits per heavy atom. The Labute approximate surface area is 197 Å². The van der Waals surface area contributed by atoms with Crippen LogP contribution in [-0.2, 0) is 26.9 Å². The van der Waals surface area contributed by atoms with Gasteiger partial charge in [-0.3, -0.25) is 9.27 Å². The number of sulfonamides is 1. The van der Waals surface area contributed by atoms with Crippen molar-refractivity contribution in [2.75, 3.05) is 9.03 Å². The van der Waals surface area contributed by atoms with Gasteiger partial charge in [0.15, 0.2) is 5.13 Å². The second-order valence-corrected chi connectivity index (χ2v) is 11.5. The topological polar surface area (TPSA) is 117 Å². The van der Waals surface area contributed by atoms with Crippen molar-refractivity contribution in [3.8, 4) is 10.6 Å². The van der Waals surface area contributed by atoms with E-state index in [0.29, 0.717) is 11.3 Å². The van der Waals surface area contributed by atoms with Crippen LogP contribution in [0.1, 0.15) is 5.56 Å². The molecule has 0 spiro atoms. The van der Waals surface area contributed by atoms with Crippen molar-refractivity contribution < 1.29 is 25.8 Å². The van der Waals surface area contributed by atoms with Crippen molar-refractivity contribution in [3.05, 3.63) is 82.8 Å². The predicted octanol–water partition coefficient (Wildman–Crippen LogP) is 4.62. The number of nitrogens with one attached hydrogen (secondary N) is 1. The van der Waals surface area contributed by atoms with Gasteiger partial charge in [-0.05, 0) is 47.3 Å². The van der Waals surface area contributed by atoms with Crippen molar-refractivity contribution in [2.45, 2.75) is 11.4 Å². The van der Waals surface area contributed by atoms with E-state index < -0.39 is 26.1 Å². The molecule has 0 saturated heterocycles. The zero-order valence-corrected chi connectivity index (χ0v) is 19.9. The molecule has 0 unspecified atom stereocenters. The number of thiazole rings is 1. The maximum Gasteiger partial charge on any atom is 0.357 e. The van der Waals surface area contributed by atoms with E-state index >= 15 is 0 Å². The van der Waals surface area contributed by atoms with Crippen LogP contribution in [0.3, 0.4) is 0 Å². The summed E-state index contributed by atoms with van der Waals surface area (Å²) >= 11 is 2.60. The first-order valence-electron chi connectivity index (χ1n) is 9.24. The molecule has 2 aromatic carbocycles. The highest BCUT2D eigenvalue weighted by atomic mass is 32.2. The molecule has 33 heavy (non-hydrogen) atoms. The van der Waals surface area contributed by atoms with E-state index in [0.717, 1.165) is 32.7 Å².